The van der Waals surface area contributed by atoms with Crippen LogP contribution in [-0.2, 0) is 11.3 Å². The van der Waals surface area contributed by atoms with Crippen LogP contribution >= 0.6 is 0 Å². The zero-order valence-electron chi connectivity index (χ0n) is 20.6. The molecule has 1 fully saturated rings. The third-order valence-electron chi connectivity index (χ3n) is 7.63. The van der Waals surface area contributed by atoms with E-state index in [2.05, 4.69) is 10.6 Å². The van der Waals surface area contributed by atoms with Crippen LogP contribution in [0.4, 0.5) is 0 Å². The number of aromatic carboxylic acids is 1. The molecular weight excluding hydrogens is 440 g/mol. The molecule has 182 valence electrons. The number of carbonyl (C=O) groups excluding carboxylic acids is 1. The van der Waals surface area contributed by atoms with Crippen LogP contribution in [0.3, 0.4) is 0 Å². The second kappa shape index (κ2) is 9.25. The van der Waals surface area contributed by atoms with E-state index in [1.807, 2.05) is 38.2 Å². The summed E-state index contributed by atoms with van der Waals surface area (Å²) < 4.78 is 7.70. The van der Waals surface area contributed by atoms with Gasteiger partial charge in [-0.3, -0.25) is 4.79 Å². The summed E-state index contributed by atoms with van der Waals surface area (Å²) in [6.07, 6.45) is 7.87. The van der Waals surface area contributed by atoms with Gasteiger partial charge in [-0.25, -0.2) is 4.79 Å². The molecule has 1 aliphatic carbocycles. The number of nitrogens with zero attached hydrogens (tertiary/aromatic N) is 2. The quantitative estimate of drug-likeness (QED) is 0.499. The van der Waals surface area contributed by atoms with Crippen molar-refractivity contribution in [3.05, 3.63) is 58.7 Å². The molecule has 1 amide bonds. The number of hydrogen-bond acceptors (Lipinski definition) is 3. The Bertz CT molecular complexity index is 1340. The molecule has 1 N–H and O–H groups in total. The number of methoxy groups -OCH3 is 1. The maximum atomic E-state index is 13.4. The number of benzene rings is 2. The molecule has 35 heavy (non-hydrogen) atoms. The van der Waals surface area contributed by atoms with Crippen molar-refractivity contribution < 1.29 is 19.4 Å². The third kappa shape index (κ3) is 4.01. The predicted octanol–water partition coefficient (Wildman–Crippen LogP) is 5.94. The van der Waals surface area contributed by atoms with Crippen LogP contribution in [0.2, 0.25) is 0 Å². The van der Waals surface area contributed by atoms with E-state index in [-0.39, 0.29) is 11.5 Å². The molecule has 5 rings (SSSR count). The third-order valence-corrected chi connectivity index (χ3v) is 7.63. The molecule has 0 atom stereocenters. The van der Waals surface area contributed by atoms with Gasteiger partial charge in [-0.05, 0) is 73.2 Å². The lowest BCUT2D eigenvalue weighted by Crippen LogP contribution is -2.29. The fraction of sp³-hybridized carbons (Fsp3) is 0.379. The zero-order valence-corrected chi connectivity index (χ0v) is 20.6. The molecule has 2 aromatic carbocycles. The Morgan fingerprint density at radius 2 is 1.89 bits per heavy atom. The summed E-state index contributed by atoms with van der Waals surface area (Å²) >= 11 is 0. The van der Waals surface area contributed by atoms with Crippen molar-refractivity contribution in [2.24, 2.45) is 0 Å². The minimum Gasteiger partial charge on any atom is -0.497 e. The van der Waals surface area contributed by atoms with Gasteiger partial charge in [0.25, 0.3) is 5.91 Å². The average Bonchev–Trinajstić information content (AvgIpc) is 3.10. The summed E-state index contributed by atoms with van der Waals surface area (Å²) in [5.74, 6) is 0.179. The Hall–Kier alpha value is -3.54. The lowest BCUT2D eigenvalue weighted by Gasteiger charge is -2.24. The molecule has 2 heterocycles. The van der Waals surface area contributed by atoms with Crippen molar-refractivity contribution in [1.82, 2.24) is 9.47 Å². The lowest BCUT2D eigenvalue weighted by atomic mass is 9.81. The highest BCUT2D eigenvalue weighted by Gasteiger charge is 2.31. The SMILES string of the molecule is CCN(C)C(=O)C1=Cc2cc(OC)ccc2-c2c(C3CCCCC3)c3ccc(C(=O)O)cc3n2C1. The van der Waals surface area contributed by atoms with E-state index in [1.54, 1.807) is 24.1 Å². The molecule has 0 saturated heterocycles. The monoisotopic (exact) mass is 472 g/mol. The van der Waals surface area contributed by atoms with Crippen molar-refractivity contribution in [2.75, 3.05) is 20.7 Å². The molecule has 0 spiro atoms. The number of likely N-dealkylation sites (N-methyl/N-ethyl adjacent to an activating group) is 1. The van der Waals surface area contributed by atoms with Gasteiger partial charge >= 0.3 is 5.97 Å². The van der Waals surface area contributed by atoms with Crippen molar-refractivity contribution in [3.8, 4) is 17.0 Å². The average molecular weight is 473 g/mol. The largest absolute Gasteiger partial charge is 0.497 e. The Morgan fingerprint density at radius 1 is 1.11 bits per heavy atom. The molecule has 2 aliphatic rings. The molecule has 0 unspecified atom stereocenters. The molecule has 0 bridgehead atoms. The van der Waals surface area contributed by atoms with Gasteiger partial charge in [0.05, 0.1) is 24.9 Å². The minimum absolute atomic E-state index is 0.0235. The van der Waals surface area contributed by atoms with Crippen LogP contribution in [0.25, 0.3) is 28.2 Å². The molecule has 6 nitrogen and oxygen atoms in total. The number of amides is 1. The number of carboxylic acids is 1. The van der Waals surface area contributed by atoms with Gasteiger partial charge in [0.2, 0.25) is 0 Å². The number of ether oxygens (including phenoxy) is 1. The van der Waals surface area contributed by atoms with Crippen LogP contribution in [0.5, 0.6) is 5.75 Å². The second-order valence-electron chi connectivity index (χ2n) is 9.66. The fourth-order valence-corrected chi connectivity index (χ4v) is 5.69. The van der Waals surface area contributed by atoms with Gasteiger partial charge < -0.3 is 19.3 Å². The van der Waals surface area contributed by atoms with Gasteiger partial charge in [-0.15, -0.1) is 0 Å². The van der Waals surface area contributed by atoms with E-state index < -0.39 is 5.97 Å². The molecule has 1 saturated carbocycles. The van der Waals surface area contributed by atoms with Crippen molar-refractivity contribution in [2.45, 2.75) is 51.5 Å². The normalized spacial score (nSPS) is 15.7. The summed E-state index contributed by atoms with van der Waals surface area (Å²) in [5.41, 5.74) is 6.21. The van der Waals surface area contributed by atoms with Gasteiger partial charge in [0.1, 0.15) is 5.75 Å². The number of rotatable bonds is 5. The summed E-state index contributed by atoms with van der Waals surface area (Å²) in [6, 6.07) is 11.5. The van der Waals surface area contributed by atoms with Gasteiger partial charge in [-0.1, -0.05) is 25.3 Å². The number of aromatic nitrogens is 1. The van der Waals surface area contributed by atoms with Gasteiger partial charge in [0, 0.05) is 35.6 Å². The van der Waals surface area contributed by atoms with E-state index in [4.69, 9.17) is 4.74 Å². The minimum atomic E-state index is -0.946. The number of carbonyl (C=O) groups is 2. The van der Waals surface area contributed by atoms with Crippen LogP contribution < -0.4 is 4.74 Å². The topological polar surface area (TPSA) is 71.8 Å². The van der Waals surface area contributed by atoms with E-state index >= 15 is 0 Å². The summed E-state index contributed by atoms with van der Waals surface area (Å²) in [7, 11) is 3.46. The molecule has 3 aromatic rings. The van der Waals surface area contributed by atoms with Crippen LogP contribution in [0.1, 0.15) is 66.4 Å². The number of carboxylic acid groups (broad SMARTS) is 1. The molecule has 1 aromatic heterocycles. The Morgan fingerprint density at radius 3 is 2.57 bits per heavy atom. The Kier molecular flexibility index (Phi) is 6.13. The van der Waals surface area contributed by atoms with Crippen molar-refractivity contribution in [1.29, 1.82) is 0 Å². The van der Waals surface area contributed by atoms with Gasteiger partial charge in [-0.2, -0.15) is 0 Å². The number of fused-ring (bicyclic) bond motifs is 5. The van der Waals surface area contributed by atoms with Crippen LogP contribution in [0.15, 0.2) is 42.0 Å². The standard InChI is InChI=1S/C29H32N2O4/c1-4-30(2)28(32)21-14-20-15-22(35-3)11-13-23(20)27-26(18-8-6-5-7-9-18)24-12-10-19(29(33)34)16-25(24)31(27)17-21/h10-16,18H,4-9,17H2,1-3H3,(H,33,34). The summed E-state index contributed by atoms with van der Waals surface area (Å²) in [4.78, 5) is 27.0. The zero-order chi connectivity index (χ0) is 24.7. The highest BCUT2D eigenvalue weighted by Crippen LogP contribution is 2.47. The first-order valence-electron chi connectivity index (χ1n) is 12.5. The van der Waals surface area contributed by atoms with Gasteiger partial charge in [0.15, 0.2) is 0 Å². The fourth-order valence-electron chi connectivity index (χ4n) is 5.69. The van der Waals surface area contributed by atoms with Crippen molar-refractivity contribution >= 4 is 28.9 Å². The Labute approximate surface area is 205 Å². The van der Waals surface area contributed by atoms with Crippen LogP contribution in [-0.4, -0.2) is 47.2 Å². The first-order chi connectivity index (χ1) is 16.9. The Balaban J connectivity index is 1.84. The van der Waals surface area contributed by atoms with E-state index in [0.717, 1.165) is 46.3 Å². The van der Waals surface area contributed by atoms with Crippen LogP contribution in [0, 0.1) is 0 Å². The second-order valence-corrected chi connectivity index (χ2v) is 9.66. The molecule has 0 radical (unpaired) electrons. The maximum absolute atomic E-state index is 13.4. The first-order valence-corrected chi connectivity index (χ1v) is 12.5. The summed E-state index contributed by atoms with van der Waals surface area (Å²) in [6.45, 7) is 2.96. The smallest absolute Gasteiger partial charge is 0.335 e. The van der Waals surface area contributed by atoms with E-state index in [9.17, 15) is 14.7 Å². The molecule has 1 aliphatic heterocycles. The lowest BCUT2D eigenvalue weighted by molar-refractivity contribution is -0.125. The first kappa shape index (κ1) is 23.2. The van der Waals surface area contributed by atoms with E-state index in [0.29, 0.717) is 24.6 Å². The highest BCUT2D eigenvalue weighted by molar-refractivity contribution is 6.03. The molecular formula is C29H32N2O4. The molecule has 6 heteroatoms. The summed E-state index contributed by atoms with van der Waals surface area (Å²) in [5, 5.41) is 10.8. The number of hydrogen-bond donors (Lipinski definition) is 1. The maximum Gasteiger partial charge on any atom is 0.335 e. The van der Waals surface area contributed by atoms with Crippen molar-refractivity contribution in [3.63, 3.8) is 0 Å². The highest BCUT2D eigenvalue weighted by atomic mass is 16.5. The van der Waals surface area contributed by atoms with E-state index in [1.165, 1.54) is 24.8 Å². The predicted molar refractivity (Wildman–Crippen MR) is 138 cm³/mol.